The van der Waals surface area contributed by atoms with Crippen LogP contribution < -0.4 is 15.5 Å². The molecule has 138 valence electrons. The molecule has 0 aromatic heterocycles. The molecule has 9 heteroatoms. The number of para-hydroxylation sites is 1. The summed E-state index contributed by atoms with van der Waals surface area (Å²) in [6.07, 6.45) is 1.05. The lowest BCUT2D eigenvalue weighted by Crippen LogP contribution is -2.20. The lowest BCUT2D eigenvalue weighted by atomic mass is 10.2. The van der Waals surface area contributed by atoms with Gasteiger partial charge in [0.05, 0.1) is 23.0 Å². The fourth-order valence-electron chi connectivity index (χ4n) is 1.90. The number of hydrogen-bond donors (Lipinski definition) is 2. The Labute approximate surface area is 159 Å². The van der Waals surface area contributed by atoms with E-state index in [2.05, 4.69) is 15.8 Å². The molecule has 0 aliphatic rings. The predicted octanol–water partition coefficient (Wildman–Crippen LogP) is 2.86. The molecule has 2 aromatic carbocycles. The monoisotopic (exact) mass is 388 g/mol. The molecule has 0 heterocycles. The number of amides is 2. The normalized spacial score (nSPS) is 10.3. The van der Waals surface area contributed by atoms with Gasteiger partial charge in [0.25, 0.3) is 11.8 Å². The largest absolute Gasteiger partial charge is 0.482 e. The van der Waals surface area contributed by atoms with Crippen molar-refractivity contribution in [1.29, 1.82) is 5.26 Å². The molecular weight excluding hydrogens is 375 g/mol. The smallest absolute Gasteiger partial charge is 0.262 e. The van der Waals surface area contributed by atoms with Crippen molar-refractivity contribution < 1.29 is 18.7 Å². The number of hydrazone groups is 1. The average molecular weight is 389 g/mol. The molecule has 2 aromatic rings. The quantitative estimate of drug-likeness (QED) is 0.562. The van der Waals surface area contributed by atoms with Crippen LogP contribution in [0.15, 0.2) is 47.6 Å². The van der Waals surface area contributed by atoms with Crippen molar-refractivity contribution in [2.24, 2.45) is 5.10 Å². The van der Waals surface area contributed by atoms with Crippen LogP contribution in [0.2, 0.25) is 5.02 Å². The summed E-state index contributed by atoms with van der Waals surface area (Å²) in [5.41, 5.74) is 2.81. The van der Waals surface area contributed by atoms with E-state index in [-0.39, 0.29) is 29.5 Å². The Morgan fingerprint density at radius 2 is 2.04 bits per heavy atom. The van der Waals surface area contributed by atoms with Gasteiger partial charge in [-0.2, -0.15) is 10.4 Å². The molecule has 0 fully saturated rings. The van der Waals surface area contributed by atoms with E-state index in [4.69, 9.17) is 21.6 Å². The Hall–Kier alpha value is -3.44. The van der Waals surface area contributed by atoms with E-state index < -0.39 is 17.6 Å². The summed E-state index contributed by atoms with van der Waals surface area (Å²) >= 11 is 6.08. The molecule has 2 amide bonds. The van der Waals surface area contributed by atoms with Crippen molar-refractivity contribution >= 4 is 35.3 Å². The van der Waals surface area contributed by atoms with Crippen molar-refractivity contribution in [3.8, 4) is 11.8 Å². The molecule has 2 rings (SSSR count). The van der Waals surface area contributed by atoms with Gasteiger partial charge in [0.2, 0.25) is 0 Å². The number of benzene rings is 2. The average Bonchev–Trinajstić information content (AvgIpc) is 2.63. The third-order valence-electron chi connectivity index (χ3n) is 3.11. The lowest BCUT2D eigenvalue weighted by molar-refractivity contribution is -0.120. The number of anilines is 1. The Bertz CT molecular complexity index is 912. The van der Waals surface area contributed by atoms with Gasteiger partial charge in [-0.25, -0.2) is 9.82 Å². The third-order valence-corrected chi connectivity index (χ3v) is 3.40. The van der Waals surface area contributed by atoms with E-state index in [1.54, 1.807) is 18.2 Å². The zero-order valence-corrected chi connectivity index (χ0v) is 14.7. The summed E-state index contributed by atoms with van der Waals surface area (Å²) in [6.45, 7) is -0.355. The van der Waals surface area contributed by atoms with E-state index in [9.17, 15) is 14.0 Å². The first-order chi connectivity index (χ1) is 13.0. The molecule has 0 spiro atoms. The molecule has 27 heavy (non-hydrogen) atoms. The minimum absolute atomic E-state index is 0.0576. The summed E-state index contributed by atoms with van der Waals surface area (Å²) < 4.78 is 18.8. The van der Waals surface area contributed by atoms with E-state index in [0.29, 0.717) is 5.56 Å². The number of halogens is 2. The summed E-state index contributed by atoms with van der Waals surface area (Å²) in [5, 5.41) is 14.7. The van der Waals surface area contributed by atoms with Crippen molar-refractivity contribution in [2.45, 2.75) is 6.42 Å². The van der Waals surface area contributed by atoms with Gasteiger partial charge in [0, 0.05) is 0 Å². The van der Waals surface area contributed by atoms with E-state index in [1.807, 2.05) is 0 Å². The van der Waals surface area contributed by atoms with Crippen LogP contribution in [0.5, 0.6) is 5.75 Å². The number of nitrogens with one attached hydrogen (secondary N) is 2. The first-order valence-electron chi connectivity index (χ1n) is 7.65. The first kappa shape index (κ1) is 19.9. The van der Waals surface area contributed by atoms with Gasteiger partial charge in [-0.3, -0.25) is 9.59 Å². The molecule has 0 bridgehead atoms. The maximum atomic E-state index is 13.5. The molecular formula is C18H14ClFN4O3. The van der Waals surface area contributed by atoms with E-state index >= 15 is 0 Å². The van der Waals surface area contributed by atoms with Crippen molar-refractivity contribution in [3.63, 3.8) is 0 Å². The van der Waals surface area contributed by atoms with Crippen LogP contribution in [0.1, 0.15) is 12.0 Å². The summed E-state index contributed by atoms with van der Waals surface area (Å²) in [6, 6.07) is 12.1. The number of nitriles is 1. The minimum atomic E-state index is -0.547. The molecule has 0 unspecified atom stereocenters. The first-order valence-corrected chi connectivity index (χ1v) is 8.03. The summed E-state index contributed by atoms with van der Waals surface area (Å²) in [4.78, 5) is 22.9. The van der Waals surface area contributed by atoms with Crippen molar-refractivity contribution in [2.75, 3.05) is 11.9 Å². The van der Waals surface area contributed by atoms with Gasteiger partial charge in [-0.05, 0) is 35.9 Å². The number of nitrogens with zero attached hydrogens (tertiary/aromatic N) is 2. The highest BCUT2D eigenvalue weighted by atomic mass is 35.5. The number of rotatable bonds is 7. The molecule has 0 atom stereocenters. The number of hydrogen-bond acceptors (Lipinski definition) is 5. The molecule has 0 saturated heterocycles. The van der Waals surface area contributed by atoms with Crippen LogP contribution >= 0.6 is 11.6 Å². The topological polar surface area (TPSA) is 104 Å². The highest BCUT2D eigenvalue weighted by Crippen LogP contribution is 2.25. The van der Waals surface area contributed by atoms with Crippen LogP contribution in [-0.4, -0.2) is 24.6 Å². The standard InChI is InChI=1S/C18H14ClFN4O3/c19-13-9-12(10-22-24-17(25)7-8-21)5-6-16(13)27-11-18(26)23-15-4-2-1-3-14(15)20/h1-6,9-10H,7,11H2,(H,23,26)(H,24,25)/b22-10-. The summed E-state index contributed by atoms with van der Waals surface area (Å²) in [5.74, 6) is -1.36. The van der Waals surface area contributed by atoms with Crippen molar-refractivity contribution in [3.05, 3.63) is 58.9 Å². The van der Waals surface area contributed by atoms with Crippen LogP contribution in [-0.2, 0) is 9.59 Å². The van der Waals surface area contributed by atoms with E-state index in [1.165, 1.54) is 36.5 Å². The second-order valence-electron chi connectivity index (χ2n) is 5.13. The highest BCUT2D eigenvalue weighted by Gasteiger charge is 2.09. The molecule has 2 N–H and O–H groups in total. The number of carbonyl (C=O) groups is 2. The van der Waals surface area contributed by atoms with Gasteiger partial charge < -0.3 is 10.1 Å². The SMILES string of the molecule is N#CCC(=O)N/N=C\c1ccc(OCC(=O)Nc2ccccc2F)c(Cl)c1. The second-order valence-corrected chi connectivity index (χ2v) is 5.54. The highest BCUT2D eigenvalue weighted by molar-refractivity contribution is 6.32. The zero-order chi connectivity index (χ0) is 19.6. The number of carbonyl (C=O) groups excluding carboxylic acids is 2. The molecule has 0 radical (unpaired) electrons. The maximum Gasteiger partial charge on any atom is 0.262 e. The molecule has 0 aliphatic heterocycles. The zero-order valence-electron chi connectivity index (χ0n) is 13.9. The Kier molecular flexibility index (Phi) is 7.28. The Morgan fingerprint density at radius 3 is 2.74 bits per heavy atom. The van der Waals surface area contributed by atoms with Gasteiger partial charge in [-0.15, -0.1) is 0 Å². The fraction of sp³-hybridized carbons (Fsp3) is 0.111. The fourth-order valence-corrected chi connectivity index (χ4v) is 2.14. The minimum Gasteiger partial charge on any atom is -0.482 e. The van der Waals surface area contributed by atoms with Gasteiger partial charge in [0.1, 0.15) is 18.0 Å². The van der Waals surface area contributed by atoms with Crippen molar-refractivity contribution in [1.82, 2.24) is 5.43 Å². The second kappa shape index (κ2) is 9.89. The predicted molar refractivity (Wildman–Crippen MR) is 97.9 cm³/mol. The maximum absolute atomic E-state index is 13.5. The van der Waals surface area contributed by atoms with Gasteiger partial charge in [-0.1, -0.05) is 23.7 Å². The Morgan fingerprint density at radius 1 is 1.26 bits per heavy atom. The third kappa shape index (κ3) is 6.41. The van der Waals surface area contributed by atoms with Crippen LogP contribution in [0.4, 0.5) is 10.1 Å². The molecule has 0 saturated carbocycles. The molecule has 0 aliphatic carbocycles. The van der Waals surface area contributed by atoms with Gasteiger partial charge in [0.15, 0.2) is 6.61 Å². The van der Waals surface area contributed by atoms with Crippen LogP contribution in [0.25, 0.3) is 0 Å². The Balaban J connectivity index is 1.89. The summed E-state index contributed by atoms with van der Waals surface area (Å²) in [7, 11) is 0. The lowest BCUT2D eigenvalue weighted by Gasteiger charge is -2.09. The van der Waals surface area contributed by atoms with Crippen LogP contribution in [0.3, 0.4) is 0 Å². The number of ether oxygens (including phenoxy) is 1. The van der Waals surface area contributed by atoms with E-state index in [0.717, 1.165) is 0 Å². The molecule has 7 nitrogen and oxygen atoms in total. The van der Waals surface area contributed by atoms with Gasteiger partial charge >= 0.3 is 0 Å². The van der Waals surface area contributed by atoms with Crippen LogP contribution in [0, 0.1) is 17.1 Å².